The highest BCUT2D eigenvalue weighted by Gasteiger charge is 2.21. The monoisotopic (exact) mass is 203 g/mol. The molecule has 80 valence electrons. The molecule has 0 spiro atoms. The molecule has 1 aliphatic carbocycles. The van der Waals surface area contributed by atoms with Crippen LogP contribution in [0.25, 0.3) is 0 Å². The fourth-order valence-electron chi connectivity index (χ4n) is 1.55. The number of anilines is 1. The minimum Gasteiger partial charge on any atom is -0.370 e. The second-order valence-electron chi connectivity index (χ2n) is 3.80. The highest BCUT2D eigenvalue weighted by molar-refractivity contribution is 5.94. The summed E-state index contributed by atoms with van der Waals surface area (Å²) >= 11 is 0. The highest BCUT2D eigenvalue weighted by Crippen LogP contribution is 2.24. The summed E-state index contributed by atoms with van der Waals surface area (Å²) in [5.41, 5.74) is 7.09. The third kappa shape index (κ3) is 2.49. The van der Waals surface area contributed by atoms with Crippen LogP contribution in [-0.4, -0.2) is 18.5 Å². The van der Waals surface area contributed by atoms with E-state index in [4.69, 9.17) is 5.73 Å². The lowest BCUT2D eigenvalue weighted by Gasteiger charge is -2.21. The van der Waals surface area contributed by atoms with Gasteiger partial charge in [-0.15, -0.1) is 0 Å². The van der Waals surface area contributed by atoms with Crippen molar-refractivity contribution in [2.24, 2.45) is 10.7 Å². The second-order valence-corrected chi connectivity index (χ2v) is 3.80. The fraction of sp³-hybridized carbons (Fsp3) is 0.417. The van der Waals surface area contributed by atoms with Crippen LogP contribution in [0.5, 0.6) is 0 Å². The van der Waals surface area contributed by atoms with Crippen molar-refractivity contribution in [3.63, 3.8) is 0 Å². The third-order valence-electron chi connectivity index (χ3n) is 2.52. The first kappa shape index (κ1) is 10.0. The van der Waals surface area contributed by atoms with E-state index in [1.165, 1.54) is 12.8 Å². The molecule has 0 amide bonds. The quantitative estimate of drug-likeness (QED) is 0.603. The Morgan fingerprint density at radius 2 is 2.07 bits per heavy atom. The van der Waals surface area contributed by atoms with Gasteiger partial charge in [0.15, 0.2) is 5.96 Å². The van der Waals surface area contributed by atoms with Crippen molar-refractivity contribution in [3.05, 3.63) is 30.3 Å². The first-order valence-electron chi connectivity index (χ1n) is 5.47. The molecule has 0 aromatic heterocycles. The van der Waals surface area contributed by atoms with Crippen LogP contribution >= 0.6 is 0 Å². The van der Waals surface area contributed by atoms with Crippen molar-refractivity contribution in [2.45, 2.75) is 25.8 Å². The van der Waals surface area contributed by atoms with Gasteiger partial charge < -0.3 is 10.6 Å². The van der Waals surface area contributed by atoms with Crippen molar-refractivity contribution < 1.29 is 0 Å². The van der Waals surface area contributed by atoms with Crippen molar-refractivity contribution in [1.82, 2.24) is 0 Å². The number of rotatable bonds is 3. The molecule has 1 aliphatic rings. The van der Waals surface area contributed by atoms with Crippen LogP contribution in [0, 0.1) is 0 Å². The molecule has 0 atom stereocenters. The van der Waals surface area contributed by atoms with Crippen LogP contribution in [0.2, 0.25) is 0 Å². The average molecular weight is 203 g/mol. The van der Waals surface area contributed by atoms with Gasteiger partial charge in [-0.1, -0.05) is 18.2 Å². The number of nitrogens with two attached hydrogens (primary N) is 1. The predicted molar refractivity (Wildman–Crippen MR) is 64.1 cm³/mol. The molecule has 1 aromatic carbocycles. The van der Waals surface area contributed by atoms with Crippen LogP contribution in [0.1, 0.15) is 19.8 Å². The molecule has 1 saturated carbocycles. The lowest BCUT2D eigenvalue weighted by molar-refractivity contribution is 0.988. The average Bonchev–Trinajstić information content (AvgIpc) is 3.04. The van der Waals surface area contributed by atoms with Gasteiger partial charge >= 0.3 is 0 Å². The molecule has 0 unspecified atom stereocenters. The van der Waals surface area contributed by atoms with E-state index < -0.39 is 0 Å². The van der Waals surface area contributed by atoms with E-state index in [1.54, 1.807) is 0 Å². The second kappa shape index (κ2) is 4.34. The molecule has 2 rings (SSSR count). The summed E-state index contributed by atoms with van der Waals surface area (Å²) in [4.78, 5) is 6.50. The van der Waals surface area contributed by atoms with Crippen molar-refractivity contribution in [3.8, 4) is 0 Å². The first-order valence-corrected chi connectivity index (χ1v) is 5.47. The Morgan fingerprint density at radius 3 is 2.60 bits per heavy atom. The Labute approximate surface area is 90.6 Å². The summed E-state index contributed by atoms with van der Waals surface area (Å²) in [5.74, 6) is 0.645. The molecule has 0 bridgehead atoms. The topological polar surface area (TPSA) is 41.6 Å². The SMILES string of the molecule is CCN(C(N)=NC1CC1)c1ccccc1. The number of guanidine groups is 1. The number of hydrogen-bond acceptors (Lipinski definition) is 1. The summed E-state index contributed by atoms with van der Waals surface area (Å²) in [6.07, 6.45) is 2.38. The zero-order chi connectivity index (χ0) is 10.7. The molecular formula is C12H17N3. The van der Waals surface area contributed by atoms with Gasteiger partial charge in [0.2, 0.25) is 0 Å². The number of para-hydroxylation sites is 1. The van der Waals surface area contributed by atoms with E-state index in [-0.39, 0.29) is 0 Å². The van der Waals surface area contributed by atoms with Crippen LogP contribution in [-0.2, 0) is 0 Å². The molecule has 2 N–H and O–H groups in total. The van der Waals surface area contributed by atoms with Gasteiger partial charge in [-0.2, -0.15) is 0 Å². The van der Waals surface area contributed by atoms with Crippen molar-refractivity contribution >= 4 is 11.6 Å². The predicted octanol–water partition coefficient (Wildman–Crippen LogP) is 1.99. The molecule has 15 heavy (non-hydrogen) atoms. The van der Waals surface area contributed by atoms with E-state index in [9.17, 15) is 0 Å². The Balaban J connectivity index is 2.16. The first-order chi connectivity index (χ1) is 7.31. The Morgan fingerprint density at radius 1 is 1.40 bits per heavy atom. The Kier molecular flexibility index (Phi) is 2.90. The van der Waals surface area contributed by atoms with Crippen LogP contribution in [0.4, 0.5) is 5.69 Å². The number of nitrogens with zero attached hydrogens (tertiary/aromatic N) is 2. The summed E-state index contributed by atoms with van der Waals surface area (Å²) in [6, 6.07) is 10.6. The third-order valence-corrected chi connectivity index (χ3v) is 2.52. The van der Waals surface area contributed by atoms with Crippen molar-refractivity contribution in [1.29, 1.82) is 0 Å². The van der Waals surface area contributed by atoms with E-state index in [2.05, 4.69) is 24.0 Å². The lowest BCUT2D eigenvalue weighted by Crippen LogP contribution is -2.37. The van der Waals surface area contributed by atoms with Gasteiger partial charge in [-0.05, 0) is 31.9 Å². The summed E-state index contributed by atoms with van der Waals surface area (Å²) in [7, 11) is 0. The van der Waals surface area contributed by atoms with E-state index >= 15 is 0 Å². The molecule has 0 heterocycles. The molecule has 0 radical (unpaired) electrons. The van der Waals surface area contributed by atoms with Crippen LogP contribution in [0.15, 0.2) is 35.3 Å². The number of hydrogen-bond donors (Lipinski definition) is 1. The lowest BCUT2D eigenvalue weighted by atomic mass is 10.3. The summed E-state index contributed by atoms with van der Waals surface area (Å²) in [5, 5.41) is 0. The number of aliphatic imine (C=N–C) groups is 1. The van der Waals surface area contributed by atoms with Gasteiger partial charge in [0.05, 0.1) is 6.04 Å². The maximum absolute atomic E-state index is 5.98. The van der Waals surface area contributed by atoms with E-state index in [1.807, 2.05) is 23.1 Å². The number of benzene rings is 1. The molecule has 0 aliphatic heterocycles. The molecule has 3 heteroatoms. The minimum absolute atomic E-state index is 0.475. The molecular weight excluding hydrogens is 186 g/mol. The zero-order valence-corrected chi connectivity index (χ0v) is 9.06. The van der Waals surface area contributed by atoms with Gasteiger partial charge in [0.1, 0.15) is 0 Å². The minimum atomic E-state index is 0.475. The van der Waals surface area contributed by atoms with Gasteiger partial charge in [0, 0.05) is 12.2 Å². The molecule has 0 saturated heterocycles. The fourth-order valence-corrected chi connectivity index (χ4v) is 1.55. The van der Waals surface area contributed by atoms with E-state index in [0.29, 0.717) is 12.0 Å². The smallest absolute Gasteiger partial charge is 0.196 e. The molecule has 1 fully saturated rings. The van der Waals surface area contributed by atoms with Crippen molar-refractivity contribution in [2.75, 3.05) is 11.4 Å². The van der Waals surface area contributed by atoms with Gasteiger partial charge in [-0.25, -0.2) is 4.99 Å². The van der Waals surface area contributed by atoms with E-state index in [0.717, 1.165) is 12.2 Å². The van der Waals surface area contributed by atoms with Gasteiger partial charge in [-0.3, -0.25) is 0 Å². The maximum atomic E-state index is 5.98. The van der Waals surface area contributed by atoms with Gasteiger partial charge in [0.25, 0.3) is 0 Å². The molecule has 1 aromatic rings. The Bertz CT molecular complexity index is 341. The highest BCUT2D eigenvalue weighted by atomic mass is 15.3. The zero-order valence-electron chi connectivity index (χ0n) is 9.06. The van der Waals surface area contributed by atoms with Crippen LogP contribution in [0.3, 0.4) is 0 Å². The summed E-state index contributed by atoms with van der Waals surface area (Å²) < 4.78 is 0. The largest absolute Gasteiger partial charge is 0.370 e. The van der Waals surface area contributed by atoms with Crippen LogP contribution < -0.4 is 10.6 Å². The maximum Gasteiger partial charge on any atom is 0.196 e. The Hall–Kier alpha value is -1.51. The molecule has 3 nitrogen and oxygen atoms in total. The normalized spacial score (nSPS) is 16.5. The summed E-state index contributed by atoms with van der Waals surface area (Å²) in [6.45, 7) is 2.94. The standard InChI is InChI=1S/C12H17N3/c1-2-15(11-6-4-3-5-7-11)12(13)14-10-8-9-10/h3-7,10H,2,8-9H2,1H3,(H2,13,14).